The number of carbonyl (C=O) groups is 2. The van der Waals surface area contributed by atoms with Crippen LogP contribution in [0.15, 0.2) is 42.6 Å². The first-order valence-corrected chi connectivity index (χ1v) is 8.97. The third-order valence-corrected chi connectivity index (χ3v) is 4.34. The Kier molecular flexibility index (Phi) is 6.24. The second kappa shape index (κ2) is 8.71. The molecule has 0 atom stereocenters. The first-order chi connectivity index (χ1) is 14.7. The van der Waals surface area contributed by atoms with Crippen LogP contribution in [0.3, 0.4) is 0 Å². The molecule has 0 saturated carbocycles. The van der Waals surface area contributed by atoms with Crippen LogP contribution in [0.1, 0.15) is 32.1 Å². The van der Waals surface area contributed by atoms with Crippen molar-refractivity contribution in [3.8, 4) is 5.82 Å². The highest BCUT2D eigenvalue weighted by molar-refractivity contribution is 6.31. The molecular weight excluding hydrogens is 439 g/mol. The first kappa shape index (κ1) is 22.2. The molecule has 0 spiro atoms. The van der Waals surface area contributed by atoms with Crippen LogP contribution in [0.25, 0.3) is 5.82 Å². The molecule has 3 aromatic rings. The fourth-order valence-corrected chi connectivity index (χ4v) is 2.98. The van der Waals surface area contributed by atoms with Gasteiger partial charge in [0, 0.05) is 23.8 Å². The van der Waals surface area contributed by atoms with E-state index in [2.05, 4.69) is 15.4 Å². The minimum absolute atomic E-state index is 0.0155. The molecule has 9 nitrogen and oxygen atoms in total. The van der Waals surface area contributed by atoms with Gasteiger partial charge < -0.3 is 11.1 Å². The molecule has 1 aromatic carbocycles. The van der Waals surface area contributed by atoms with Crippen LogP contribution in [0.5, 0.6) is 0 Å². The first-order valence-electron chi connectivity index (χ1n) is 8.59. The van der Waals surface area contributed by atoms with Gasteiger partial charge in [-0.15, -0.1) is 0 Å². The number of hydrogen-bond donors (Lipinski definition) is 4. The normalized spacial score (nSPS) is 11.3. The number of aromatic nitrogens is 3. The molecule has 162 valence electrons. The Hall–Kier alpha value is -3.48. The number of hydrogen-bond acceptors (Lipinski definition) is 6. The van der Waals surface area contributed by atoms with E-state index in [1.165, 1.54) is 30.5 Å². The quantitative estimate of drug-likeness (QED) is 0.265. The van der Waals surface area contributed by atoms with E-state index in [0.717, 1.165) is 4.68 Å². The zero-order valence-corrected chi connectivity index (χ0v) is 16.3. The highest BCUT2D eigenvalue weighted by atomic mass is 35.5. The van der Waals surface area contributed by atoms with Gasteiger partial charge in [-0.25, -0.2) is 15.5 Å². The van der Waals surface area contributed by atoms with Crippen molar-refractivity contribution in [2.75, 3.05) is 5.32 Å². The molecule has 0 aliphatic rings. The number of nitrogens with one attached hydrogen (secondary N) is 2. The summed E-state index contributed by atoms with van der Waals surface area (Å²) >= 11 is 5.98. The van der Waals surface area contributed by atoms with Crippen molar-refractivity contribution in [2.45, 2.75) is 12.7 Å². The monoisotopic (exact) mass is 453 g/mol. The third-order valence-electron chi connectivity index (χ3n) is 4.12. The minimum Gasteiger partial charge on any atom is -0.326 e. The maximum atomic E-state index is 13.2. The van der Waals surface area contributed by atoms with Crippen LogP contribution in [-0.4, -0.2) is 26.6 Å². The van der Waals surface area contributed by atoms with Crippen LogP contribution < -0.4 is 22.3 Å². The second-order valence-corrected chi connectivity index (χ2v) is 6.57. The van der Waals surface area contributed by atoms with Crippen molar-refractivity contribution in [1.82, 2.24) is 20.2 Å². The van der Waals surface area contributed by atoms with E-state index in [1.54, 1.807) is 6.07 Å². The van der Waals surface area contributed by atoms with E-state index < -0.39 is 29.4 Å². The van der Waals surface area contributed by atoms with E-state index in [4.69, 9.17) is 23.2 Å². The van der Waals surface area contributed by atoms with Crippen LogP contribution in [0.2, 0.25) is 5.02 Å². The topological polar surface area (TPSA) is 141 Å². The Morgan fingerprint density at radius 3 is 2.48 bits per heavy atom. The largest absolute Gasteiger partial charge is 0.435 e. The number of anilines is 1. The maximum absolute atomic E-state index is 13.2. The summed E-state index contributed by atoms with van der Waals surface area (Å²) in [6.07, 6.45) is -3.47. The van der Waals surface area contributed by atoms with Gasteiger partial charge in [0.2, 0.25) is 0 Å². The number of amides is 2. The van der Waals surface area contributed by atoms with Crippen LogP contribution >= 0.6 is 11.6 Å². The number of alkyl halides is 3. The van der Waals surface area contributed by atoms with E-state index in [9.17, 15) is 22.8 Å². The van der Waals surface area contributed by atoms with Gasteiger partial charge in [-0.3, -0.25) is 15.0 Å². The number of benzene rings is 1. The lowest BCUT2D eigenvalue weighted by Crippen LogP contribution is -2.31. The molecule has 2 amide bonds. The van der Waals surface area contributed by atoms with Crippen molar-refractivity contribution in [3.05, 3.63) is 70.1 Å². The summed E-state index contributed by atoms with van der Waals surface area (Å²) < 4.78 is 40.5. The standard InChI is InChI=1S/C18H15ClF3N7O2/c19-10-5-9(8-23)15(11(6-10)16(30)27-24)26-17(31)12-7-13(18(20,21)22)28-29(12)14-3-1-2-4-25-14/h1-7H,8,23-24H2,(H,26,31)(H,27,30). The van der Waals surface area contributed by atoms with Gasteiger partial charge in [0.25, 0.3) is 11.8 Å². The zero-order chi connectivity index (χ0) is 22.8. The summed E-state index contributed by atoms with van der Waals surface area (Å²) in [6.45, 7) is -0.131. The molecule has 0 aliphatic carbocycles. The molecule has 0 radical (unpaired) electrons. The van der Waals surface area contributed by atoms with Gasteiger partial charge in [0.1, 0.15) is 5.69 Å². The number of hydrazine groups is 1. The summed E-state index contributed by atoms with van der Waals surface area (Å²) in [4.78, 5) is 29.0. The summed E-state index contributed by atoms with van der Waals surface area (Å²) in [5, 5.41) is 6.03. The third kappa shape index (κ3) is 4.66. The molecule has 2 heterocycles. The summed E-state index contributed by atoms with van der Waals surface area (Å²) in [5.41, 5.74) is 5.91. The number of halogens is 4. The summed E-state index contributed by atoms with van der Waals surface area (Å²) in [6, 6.07) is 7.66. The lowest BCUT2D eigenvalue weighted by molar-refractivity contribution is -0.141. The molecule has 3 rings (SSSR count). The smallest absolute Gasteiger partial charge is 0.326 e. The highest BCUT2D eigenvalue weighted by Gasteiger charge is 2.36. The maximum Gasteiger partial charge on any atom is 0.435 e. The highest BCUT2D eigenvalue weighted by Crippen LogP contribution is 2.31. The average Bonchev–Trinajstić information content (AvgIpc) is 3.21. The Balaban J connectivity index is 2.11. The number of pyridine rings is 1. The predicted molar refractivity (Wildman–Crippen MR) is 105 cm³/mol. The molecular formula is C18H15ClF3N7O2. The van der Waals surface area contributed by atoms with Crippen molar-refractivity contribution in [3.63, 3.8) is 0 Å². The van der Waals surface area contributed by atoms with E-state index in [1.807, 2.05) is 5.43 Å². The van der Waals surface area contributed by atoms with Gasteiger partial charge in [-0.2, -0.15) is 18.3 Å². The lowest BCUT2D eigenvalue weighted by Gasteiger charge is -2.15. The summed E-state index contributed by atoms with van der Waals surface area (Å²) in [7, 11) is 0. The van der Waals surface area contributed by atoms with Crippen molar-refractivity contribution < 1.29 is 22.8 Å². The van der Waals surface area contributed by atoms with Gasteiger partial charge in [-0.1, -0.05) is 17.7 Å². The molecule has 31 heavy (non-hydrogen) atoms. The van der Waals surface area contributed by atoms with Gasteiger partial charge in [0.05, 0.1) is 11.3 Å². The van der Waals surface area contributed by atoms with E-state index >= 15 is 0 Å². The molecule has 0 bridgehead atoms. The van der Waals surface area contributed by atoms with Crippen molar-refractivity contribution in [2.24, 2.45) is 11.6 Å². The Morgan fingerprint density at radius 1 is 1.16 bits per heavy atom. The number of nitrogens with zero attached hydrogens (tertiary/aromatic N) is 3. The molecule has 0 saturated heterocycles. The minimum atomic E-state index is -4.80. The molecule has 0 fully saturated rings. The zero-order valence-electron chi connectivity index (χ0n) is 15.6. The SMILES string of the molecule is NCc1cc(Cl)cc(C(=O)NN)c1NC(=O)c1cc(C(F)(F)F)nn1-c1ccccn1. The molecule has 0 aliphatic heterocycles. The average molecular weight is 454 g/mol. The fourth-order valence-electron chi connectivity index (χ4n) is 2.74. The second-order valence-electron chi connectivity index (χ2n) is 6.13. The van der Waals surface area contributed by atoms with Gasteiger partial charge in [0.15, 0.2) is 11.5 Å². The molecule has 2 aromatic heterocycles. The van der Waals surface area contributed by atoms with Crippen LogP contribution in [-0.2, 0) is 12.7 Å². The van der Waals surface area contributed by atoms with Crippen LogP contribution in [0.4, 0.5) is 18.9 Å². The number of rotatable bonds is 5. The van der Waals surface area contributed by atoms with Crippen molar-refractivity contribution >= 4 is 29.1 Å². The number of carbonyl (C=O) groups excluding carboxylic acids is 2. The number of nitrogen functional groups attached to an aromatic ring is 1. The van der Waals surface area contributed by atoms with E-state index in [0.29, 0.717) is 6.07 Å². The Morgan fingerprint density at radius 2 is 1.90 bits per heavy atom. The molecule has 13 heteroatoms. The van der Waals surface area contributed by atoms with Gasteiger partial charge >= 0.3 is 6.18 Å². The Labute approximate surface area is 178 Å². The van der Waals surface area contributed by atoms with Crippen LogP contribution in [0, 0.1) is 0 Å². The number of nitrogens with two attached hydrogens (primary N) is 2. The summed E-state index contributed by atoms with van der Waals surface area (Å²) in [5.74, 6) is 3.38. The molecule has 0 unspecified atom stereocenters. The van der Waals surface area contributed by atoms with Crippen molar-refractivity contribution in [1.29, 1.82) is 0 Å². The lowest BCUT2D eigenvalue weighted by atomic mass is 10.1. The predicted octanol–water partition coefficient (Wildman–Crippen LogP) is 2.25. The van der Waals surface area contributed by atoms with E-state index in [-0.39, 0.29) is 34.2 Å². The Bertz CT molecular complexity index is 1130. The molecule has 6 N–H and O–H groups in total. The van der Waals surface area contributed by atoms with Gasteiger partial charge in [-0.05, 0) is 29.8 Å². The fraction of sp³-hybridized carbons (Fsp3) is 0.111.